The van der Waals surface area contributed by atoms with E-state index in [1.165, 1.54) is 12.8 Å². The van der Waals surface area contributed by atoms with Crippen LogP contribution in [-0.4, -0.2) is 90.8 Å². The molecule has 2 aliphatic rings. The van der Waals surface area contributed by atoms with Crippen molar-refractivity contribution in [2.24, 2.45) is 0 Å². The maximum atomic E-state index is 12.6. The van der Waals surface area contributed by atoms with Crippen molar-refractivity contribution in [3.05, 3.63) is 34.9 Å². The third-order valence-corrected chi connectivity index (χ3v) is 6.38. The third-order valence-electron chi connectivity index (χ3n) is 6.13. The molecule has 0 bridgehead atoms. The summed E-state index contributed by atoms with van der Waals surface area (Å²) in [6.07, 6.45) is 4.15. The van der Waals surface area contributed by atoms with Gasteiger partial charge < -0.3 is 14.7 Å². The van der Waals surface area contributed by atoms with E-state index in [4.69, 9.17) is 16.3 Å². The van der Waals surface area contributed by atoms with Crippen LogP contribution >= 0.6 is 11.6 Å². The quantitative estimate of drug-likeness (QED) is 0.677. The summed E-state index contributed by atoms with van der Waals surface area (Å²) in [5, 5.41) is 11.1. The lowest BCUT2D eigenvalue weighted by atomic mass is 10.1. The van der Waals surface area contributed by atoms with Crippen LogP contribution in [0.2, 0.25) is 5.02 Å². The molecular formula is C23H36ClN3O3. The van der Waals surface area contributed by atoms with Crippen LogP contribution < -0.4 is 0 Å². The molecule has 1 aromatic rings. The van der Waals surface area contributed by atoms with Crippen molar-refractivity contribution >= 4 is 17.5 Å². The normalized spacial score (nSPS) is 21.2. The van der Waals surface area contributed by atoms with E-state index in [0.29, 0.717) is 24.7 Å². The van der Waals surface area contributed by atoms with Gasteiger partial charge in [0.15, 0.2) is 0 Å². The van der Waals surface area contributed by atoms with Crippen molar-refractivity contribution in [3.63, 3.8) is 0 Å². The Bertz CT molecular complexity index is 642. The Kier molecular flexibility index (Phi) is 9.40. The molecule has 1 amide bonds. The van der Waals surface area contributed by atoms with Crippen LogP contribution in [0, 0.1) is 0 Å². The standard InChI is InChI=1S/C23H36ClN3O3/c1-19(20-6-8-21(24)9-7-20)30-18-22(28)16-25-12-14-26(15-13-25)17-23(29)27-10-4-2-3-5-11-27/h6-9,19,22,28H,2-5,10-18H2,1H3. The average molecular weight is 438 g/mol. The molecule has 0 saturated carbocycles. The fourth-order valence-corrected chi connectivity index (χ4v) is 4.30. The van der Waals surface area contributed by atoms with Crippen molar-refractivity contribution in [1.82, 2.24) is 14.7 Å². The second kappa shape index (κ2) is 12.0. The zero-order valence-electron chi connectivity index (χ0n) is 18.1. The Labute approximate surface area is 185 Å². The van der Waals surface area contributed by atoms with E-state index < -0.39 is 6.10 Å². The molecule has 7 heteroatoms. The molecule has 0 spiro atoms. The minimum absolute atomic E-state index is 0.0845. The second-order valence-corrected chi connectivity index (χ2v) is 8.99. The van der Waals surface area contributed by atoms with E-state index in [2.05, 4.69) is 9.80 Å². The Hall–Kier alpha value is -1.18. The Morgan fingerprint density at radius 2 is 1.60 bits per heavy atom. The largest absolute Gasteiger partial charge is 0.389 e. The number of ether oxygens (including phenoxy) is 1. The lowest BCUT2D eigenvalue weighted by molar-refractivity contribution is -0.132. The monoisotopic (exact) mass is 437 g/mol. The number of hydrogen-bond donors (Lipinski definition) is 1. The zero-order chi connectivity index (χ0) is 21.3. The highest BCUT2D eigenvalue weighted by atomic mass is 35.5. The van der Waals surface area contributed by atoms with E-state index in [1.54, 1.807) is 0 Å². The van der Waals surface area contributed by atoms with Gasteiger partial charge in [-0.3, -0.25) is 14.6 Å². The fraction of sp³-hybridized carbons (Fsp3) is 0.696. The number of amides is 1. The summed E-state index contributed by atoms with van der Waals surface area (Å²) in [4.78, 5) is 19.1. The Morgan fingerprint density at radius 1 is 1.00 bits per heavy atom. The number of rotatable bonds is 8. The molecule has 168 valence electrons. The maximum Gasteiger partial charge on any atom is 0.236 e. The van der Waals surface area contributed by atoms with Gasteiger partial charge >= 0.3 is 0 Å². The van der Waals surface area contributed by atoms with E-state index in [9.17, 15) is 9.90 Å². The number of likely N-dealkylation sites (tertiary alicyclic amines) is 1. The highest BCUT2D eigenvalue weighted by molar-refractivity contribution is 6.30. The van der Waals surface area contributed by atoms with E-state index in [-0.39, 0.29) is 12.0 Å². The first kappa shape index (κ1) is 23.5. The van der Waals surface area contributed by atoms with Crippen LogP contribution in [-0.2, 0) is 9.53 Å². The van der Waals surface area contributed by atoms with E-state index >= 15 is 0 Å². The number of aliphatic hydroxyl groups excluding tert-OH is 1. The maximum absolute atomic E-state index is 12.6. The first-order valence-corrected chi connectivity index (χ1v) is 11.7. The number of benzene rings is 1. The number of hydrogen-bond acceptors (Lipinski definition) is 5. The van der Waals surface area contributed by atoms with Crippen molar-refractivity contribution in [2.45, 2.75) is 44.8 Å². The summed E-state index contributed by atoms with van der Waals surface area (Å²) in [6.45, 7) is 8.72. The van der Waals surface area contributed by atoms with Crippen LogP contribution in [0.3, 0.4) is 0 Å². The molecule has 0 aliphatic carbocycles. The van der Waals surface area contributed by atoms with Crippen LogP contribution in [0.25, 0.3) is 0 Å². The number of β-amino-alcohol motifs (C(OH)–C–C–N with tert-alkyl or cyclic N) is 1. The molecule has 6 nitrogen and oxygen atoms in total. The lowest BCUT2D eigenvalue weighted by Gasteiger charge is -2.36. The first-order chi connectivity index (χ1) is 14.5. The molecule has 2 atom stereocenters. The highest BCUT2D eigenvalue weighted by Gasteiger charge is 2.23. The van der Waals surface area contributed by atoms with Gasteiger partial charge in [0, 0.05) is 50.8 Å². The van der Waals surface area contributed by atoms with Crippen LogP contribution in [0.15, 0.2) is 24.3 Å². The van der Waals surface area contributed by atoms with Gasteiger partial charge in [0.25, 0.3) is 0 Å². The second-order valence-electron chi connectivity index (χ2n) is 8.55. The van der Waals surface area contributed by atoms with Gasteiger partial charge in [-0.05, 0) is 37.5 Å². The summed E-state index contributed by atoms with van der Waals surface area (Å²) >= 11 is 5.93. The molecule has 0 aromatic heterocycles. The molecule has 2 heterocycles. The van der Waals surface area contributed by atoms with E-state index in [0.717, 1.165) is 57.7 Å². The van der Waals surface area contributed by atoms with Crippen LogP contribution in [0.5, 0.6) is 0 Å². The number of piperazine rings is 1. The molecular weight excluding hydrogens is 402 g/mol. The smallest absolute Gasteiger partial charge is 0.236 e. The van der Waals surface area contributed by atoms with Crippen molar-refractivity contribution in [1.29, 1.82) is 0 Å². The molecule has 3 rings (SSSR count). The first-order valence-electron chi connectivity index (χ1n) is 11.3. The number of aliphatic hydroxyl groups is 1. The number of halogens is 1. The SMILES string of the molecule is CC(OCC(O)CN1CCN(CC(=O)N2CCCCCC2)CC1)c1ccc(Cl)cc1. The minimum atomic E-state index is -0.523. The van der Waals surface area contributed by atoms with Gasteiger partial charge in [0.2, 0.25) is 5.91 Å². The minimum Gasteiger partial charge on any atom is -0.389 e. The van der Waals surface area contributed by atoms with Crippen LogP contribution in [0.1, 0.15) is 44.3 Å². The van der Waals surface area contributed by atoms with E-state index in [1.807, 2.05) is 36.1 Å². The van der Waals surface area contributed by atoms with Gasteiger partial charge in [0.05, 0.1) is 25.4 Å². The Balaban J connectivity index is 1.32. The summed E-state index contributed by atoms with van der Waals surface area (Å²) in [7, 11) is 0. The van der Waals surface area contributed by atoms with Crippen molar-refractivity contribution in [3.8, 4) is 0 Å². The van der Waals surface area contributed by atoms with Crippen molar-refractivity contribution < 1.29 is 14.6 Å². The van der Waals surface area contributed by atoms with Gasteiger partial charge in [0.1, 0.15) is 0 Å². The predicted molar refractivity (Wildman–Crippen MR) is 120 cm³/mol. The Morgan fingerprint density at radius 3 is 2.23 bits per heavy atom. The third kappa shape index (κ3) is 7.50. The zero-order valence-corrected chi connectivity index (χ0v) is 18.9. The predicted octanol–water partition coefficient (Wildman–Crippen LogP) is 2.80. The van der Waals surface area contributed by atoms with Crippen molar-refractivity contribution in [2.75, 3.05) is 59.0 Å². The van der Waals surface area contributed by atoms with Gasteiger partial charge in [-0.25, -0.2) is 0 Å². The molecule has 2 unspecified atom stereocenters. The van der Waals surface area contributed by atoms with Crippen LogP contribution in [0.4, 0.5) is 0 Å². The molecule has 2 aliphatic heterocycles. The number of nitrogens with zero attached hydrogens (tertiary/aromatic N) is 3. The number of carbonyl (C=O) groups excluding carboxylic acids is 1. The average Bonchev–Trinajstić information content (AvgIpc) is 3.04. The molecule has 1 aromatic carbocycles. The molecule has 2 fully saturated rings. The molecule has 2 saturated heterocycles. The van der Waals surface area contributed by atoms with Gasteiger partial charge in [-0.2, -0.15) is 0 Å². The summed E-state index contributed by atoms with van der Waals surface area (Å²) in [5.74, 6) is 0.273. The topological polar surface area (TPSA) is 56.3 Å². The summed E-state index contributed by atoms with van der Waals surface area (Å²) < 4.78 is 5.84. The molecule has 1 N–H and O–H groups in total. The van der Waals surface area contributed by atoms with Gasteiger partial charge in [-0.15, -0.1) is 0 Å². The molecule has 30 heavy (non-hydrogen) atoms. The molecule has 0 radical (unpaired) electrons. The highest BCUT2D eigenvalue weighted by Crippen LogP contribution is 2.19. The summed E-state index contributed by atoms with van der Waals surface area (Å²) in [6, 6.07) is 7.60. The fourth-order valence-electron chi connectivity index (χ4n) is 4.18. The lowest BCUT2D eigenvalue weighted by Crippen LogP contribution is -2.51. The van der Waals surface area contributed by atoms with Gasteiger partial charge in [-0.1, -0.05) is 36.6 Å². The summed E-state index contributed by atoms with van der Waals surface area (Å²) in [5.41, 5.74) is 1.05. The number of carbonyl (C=O) groups is 1.